The standard InChI is InChI=1S/C62H32N8O2/c1-64-37-21-26-51-44(30-37)42-12-4-5-14-48(42)68(51)39-23-24-45-57(33-39)72-56-19-9-17-54(70-52-16-7-8-18-55(52)71-58-31-38(65-2)22-27-53(58)70)59(56)62(45)46-13-10-28-66-60(46)61-47(62)32-40(35-67-61)69-49-15-6-3-11-41(49)43-29-36(34-63)20-25-50(43)69/h3-33,35H. The molecule has 1 aliphatic carbocycles. The van der Waals surface area contributed by atoms with Crippen molar-refractivity contribution >= 4 is 72.0 Å². The topological polar surface area (TPSA) is 89.8 Å². The molecular weight excluding hydrogens is 889 g/mol. The lowest BCUT2D eigenvalue weighted by atomic mass is 9.65. The Morgan fingerprint density at radius 2 is 1.12 bits per heavy atom. The second-order valence-electron chi connectivity index (χ2n) is 18.2. The van der Waals surface area contributed by atoms with E-state index in [0.29, 0.717) is 39.9 Å². The van der Waals surface area contributed by atoms with Gasteiger partial charge in [-0.15, -0.1) is 0 Å². The van der Waals surface area contributed by atoms with Gasteiger partial charge in [0.15, 0.2) is 17.1 Å². The molecule has 0 radical (unpaired) electrons. The summed E-state index contributed by atoms with van der Waals surface area (Å²) in [6, 6.07) is 63.4. The highest BCUT2D eigenvalue weighted by molar-refractivity contribution is 6.11. The Balaban J connectivity index is 1.06. The van der Waals surface area contributed by atoms with Crippen molar-refractivity contribution in [3.63, 3.8) is 0 Å². The Bertz CT molecular complexity index is 4550. The highest BCUT2D eigenvalue weighted by Gasteiger charge is 2.55. The van der Waals surface area contributed by atoms with Crippen LogP contribution in [0.1, 0.15) is 27.8 Å². The summed E-state index contributed by atoms with van der Waals surface area (Å²) < 4.78 is 18.4. The van der Waals surface area contributed by atoms with E-state index < -0.39 is 5.41 Å². The predicted octanol–water partition coefficient (Wildman–Crippen LogP) is 15.7. The molecule has 0 saturated heterocycles. The van der Waals surface area contributed by atoms with Gasteiger partial charge in [-0.05, 0) is 108 Å². The lowest BCUT2D eigenvalue weighted by Crippen LogP contribution is -2.34. The normalized spacial score (nSPS) is 14.6. The Morgan fingerprint density at radius 1 is 0.472 bits per heavy atom. The Labute approximate surface area is 411 Å². The Hall–Kier alpha value is -10.5. The summed E-state index contributed by atoms with van der Waals surface area (Å²) in [7, 11) is 0. The van der Waals surface area contributed by atoms with E-state index in [4.69, 9.17) is 32.6 Å². The van der Waals surface area contributed by atoms with Gasteiger partial charge in [0, 0.05) is 50.8 Å². The van der Waals surface area contributed by atoms with Crippen molar-refractivity contribution in [2.75, 3.05) is 4.90 Å². The fraction of sp³-hybridized carbons (Fsp3) is 0.0161. The van der Waals surface area contributed by atoms with Crippen LogP contribution in [-0.2, 0) is 5.41 Å². The van der Waals surface area contributed by atoms with Crippen molar-refractivity contribution in [3.05, 3.63) is 245 Å². The van der Waals surface area contributed by atoms with Gasteiger partial charge in [-0.1, -0.05) is 78.9 Å². The highest BCUT2D eigenvalue weighted by atomic mass is 16.5. The van der Waals surface area contributed by atoms with Crippen molar-refractivity contribution in [2.24, 2.45) is 0 Å². The number of fused-ring (bicyclic) bond motifs is 17. The van der Waals surface area contributed by atoms with Crippen molar-refractivity contribution in [1.82, 2.24) is 19.1 Å². The number of para-hydroxylation sites is 4. The maximum Gasteiger partial charge on any atom is 0.191 e. The van der Waals surface area contributed by atoms with Crippen LogP contribution in [0.5, 0.6) is 23.0 Å². The number of hydrogen-bond donors (Lipinski definition) is 0. The van der Waals surface area contributed by atoms with E-state index in [0.717, 1.165) is 106 Å². The van der Waals surface area contributed by atoms with Gasteiger partial charge in [-0.3, -0.25) is 9.97 Å². The molecule has 2 aliphatic heterocycles. The third-order valence-corrected chi connectivity index (χ3v) is 14.7. The molecule has 0 amide bonds. The minimum absolute atomic E-state index is 0.472. The molecule has 10 heteroatoms. The van der Waals surface area contributed by atoms with Gasteiger partial charge < -0.3 is 23.5 Å². The van der Waals surface area contributed by atoms with Gasteiger partial charge in [0.2, 0.25) is 0 Å². The quantitative estimate of drug-likeness (QED) is 0.164. The van der Waals surface area contributed by atoms with E-state index in [9.17, 15) is 5.26 Å². The Kier molecular flexibility index (Phi) is 7.97. The summed E-state index contributed by atoms with van der Waals surface area (Å²) in [6.45, 7) is 15.7. The SMILES string of the molecule is [C-]#[N+]c1ccc2c(c1)Oc1ccccc1N2c1cccc2c1C1(c3ccc(-n4c5ccccc5c5cc([N+]#[C-])ccc54)cc3O2)c2cccnc2-c2ncc(-n3c4ccccc4c4cc(C#N)ccc43)cc21. The molecule has 0 saturated carbocycles. The van der Waals surface area contributed by atoms with E-state index in [1.807, 2.05) is 122 Å². The zero-order chi connectivity index (χ0) is 47.8. The monoisotopic (exact) mass is 920 g/mol. The summed E-state index contributed by atoms with van der Waals surface area (Å²) in [5.74, 6) is 2.53. The third kappa shape index (κ3) is 5.17. The summed E-state index contributed by atoms with van der Waals surface area (Å²) in [5.41, 5.74) is 13.9. The molecule has 10 nitrogen and oxygen atoms in total. The average molecular weight is 921 g/mol. The number of hydrogen-bond acceptors (Lipinski definition) is 6. The zero-order valence-corrected chi connectivity index (χ0v) is 37.9. The first-order valence-corrected chi connectivity index (χ1v) is 23.4. The van der Waals surface area contributed by atoms with Gasteiger partial charge in [0.25, 0.3) is 0 Å². The minimum atomic E-state index is -1.08. The van der Waals surface area contributed by atoms with Gasteiger partial charge >= 0.3 is 0 Å². The molecule has 12 aromatic rings. The van der Waals surface area contributed by atoms with E-state index in [1.54, 1.807) is 6.07 Å². The maximum atomic E-state index is 10.0. The van der Waals surface area contributed by atoms with Crippen LogP contribution in [0.4, 0.5) is 28.4 Å². The molecule has 6 heterocycles. The number of pyridine rings is 2. The summed E-state index contributed by atoms with van der Waals surface area (Å²) in [6.07, 6.45) is 3.76. The van der Waals surface area contributed by atoms with E-state index in [2.05, 4.69) is 96.5 Å². The Morgan fingerprint density at radius 3 is 1.94 bits per heavy atom. The van der Waals surface area contributed by atoms with Crippen molar-refractivity contribution in [2.45, 2.75) is 5.41 Å². The highest BCUT2D eigenvalue weighted by Crippen LogP contribution is 2.65. The minimum Gasteiger partial charge on any atom is -0.457 e. The number of nitrogens with zero attached hydrogens (tertiary/aromatic N) is 8. The van der Waals surface area contributed by atoms with Crippen LogP contribution < -0.4 is 14.4 Å². The summed E-state index contributed by atoms with van der Waals surface area (Å²) in [4.78, 5) is 20.3. The maximum absolute atomic E-state index is 10.0. The van der Waals surface area contributed by atoms with Gasteiger partial charge in [-0.2, -0.15) is 5.26 Å². The first-order chi connectivity index (χ1) is 35.5. The molecule has 0 bridgehead atoms. The van der Waals surface area contributed by atoms with E-state index in [1.165, 1.54) is 0 Å². The average Bonchev–Trinajstić information content (AvgIpc) is 4.05. The molecular formula is C62H32N8O2. The molecule has 72 heavy (non-hydrogen) atoms. The molecule has 1 unspecified atom stereocenters. The number of benzene rings is 8. The van der Waals surface area contributed by atoms with Gasteiger partial charge in [0.05, 0.1) is 92.6 Å². The van der Waals surface area contributed by atoms with E-state index >= 15 is 0 Å². The molecule has 8 aromatic carbocycles. The molecule has 0 fully saturated rings. The number of nitriles is 1. The second kappa shape index (κ2) is 14.5. The van der Waals surface area contributed by atoms with E-state index in [-0.39, 0.29) is 0 Å². The zero-order valence-electron chi connectivity index (χ0n) is 37.9. The summed E-state index contributed by atoms with van der Waals surface area (Å²) in [5, 5.41) is 14.1. The van der Waals surface area contributed by atoms with Gasteiger partial charge in [-0.25, -0.2) is 9.69 Å². The number of anilines is 3. The lowest BCUT2D eigenvalue weighted by Gasteiger charge is -2.43. The number of rotatable bonds is 3. The van der Waals surface area contributed by atoms with Crippen LogP contribution >= 0.6 is 0 Å². The van der Waals surface area contributed by atoms with Crippen LogP contribution in [0.3, 0.4) is 0 Å². The van der Waals surface area contributed by atoms with Crippen LogP contribution in [0.25, 0.3) is 76.1 Å². The van der Waals surface area contributed by atoms with Crippen LogP contribution in [-0.4, -0.2) is 19.1 Å². The first kappa shape index (κ1) is 39.5. The fourth-order valence-corrected chi connectivity index (χ4v) is 11.8. The van der Waals surface area contributed by atoms with Crippen LogP contribution in [0, 0.1) is 24.5 Å². The van der Waals surface area contributed by atoms with Crippen molar-refractivity contribution < 1.29 is 9.47 Å². The molecule has 4 aromatic heterocycles. The molecule has 3 aliphatic rings. The second-order valence-corrected chi connectivity index (χ2v) is 18.2. The third-order valence-electron chi connectivity index (χ3n) is 14.7. The largest absolute Gasteiger partial charge is 0.457 e. The van der Waals surface area contributed by atoms with Gasteiger partial charge in [0.1, 0.15) is 17.2 Å². The molecule has 1 atom stereocenters. The first-order valence-electron chi connectivity index (χ1n) is 23.4. The number of aromatic nitrogens is 4. The number of ether oxygens (including phenoxy) is 2. The molecule has 0 N–H and O–H groups in total. The molecule has 332 valence electrons. The van der Waals surface area contributed by atoms with Crippen LogP contribution in [0.2, 0.25) is 0 Å². The van der Waals surface area contributed by atoms with Crippen molar-refractivity contribution in [1.29, 1.82) is 5.26 Å². The smallest absolute Gasteiger partial charge is 0.191 e. The summed E-state index contributed by atoms with van der Waals surface area (Å²) >= 11 is 0. The molecule has 1 spiro atoms. The van der Waals surface area contributed by atoms with Crippen molar-refractivity contribution in [3.8, 4) is 51.8 Å². The van der Waals surface area contributed by atoms with Crippen LogP contribution in [0.15, 0.2) is 194 Å². The molecule has 15 rings (SSSR count). The lowest BCUT2D eigenvalue weighted by molar-refractivity contribution is 0.436. The predicted molar refractivity (Wildman–Crippen MR) is 280 cm³/mol. The fourth-order valence-electron chi connectivity index (χ4n) is 11.8.